The van der Waals surface area contributed by atoms with Gasteiger partial charge < -0.3 is 19.5 Å². The zero-order chi connectivity index (χ0) is 11.4. The van der Waals surface area contributed by atoms with Crippen molar-refractivity contribution in [3.05, 3.63) is 0 Å². The quantitative estimate of drug-likeness (QED) is 0.524. The third-order valence-corrected chi connectivity index (χ3v) is 2.16. The SMILES string of the molecule is COCCNCC(C)CCOCCOC. The highest BCUT2D eigenvalue weighted by molar-refractivity contribution is 4.56. The van der Waals surface area contributed by atoms with Crippen molar-refractivity contribution < 1.29 is 14.2 Å². The van der Waals surface area contributed by atoms with Gasteiger partial charge in [0.05, 0.1) is 19.8 Å². The highest BCUT2D eigenvalue weighted by Crippen LogP contribution is 1.99. The third-order valence-electron chi connectivity index (χ3n) is 2.16. The Hall–Kier alpha value is -0.160. The van der Waals surface area contributed by atoms with E-state index in [2.05, 4.69) is 12.2 Å². The Morgan fingerprint density at radius 3 is 2.40 bits per heavy atom. The molecule has 0 spiro atoms. The lowest BCUT2D eigenvalue weighted by Crippen LogP contribution is -2.25. The lowest BCUT2D eigenvalue weighted by molar-refractivity contribution is 0.0644. The molecule has 92 valence electrons. The van der Waals surface area contributed by atoms with Gasteiger partial charge in [0, 0.05) is 27.4 Å². The van der Waals surface area contributed by atoms with E-state index in [1.54, 1.807) is 14.2 Å². The molecule has 4 heteroatoms. The molecule has 1 unspecified atom stereocenters. The molecule has 0 aromatic carbocycles. The largest absolute Gasteiger partial charge is 0.383 e. The zero-order valence-electron chi connectivity index (χ0n) is 10.3. The van der Waals surface area contributed by atoms with Crippen LogP contribution in [0, 0.1) is 5.92 Å². The van der Waals surface area contributed by atoms with Crippen LogP contribution in [0.2, 0.25) is 0 Å². The van der Waals surface area contributed by atoms with Crippen LogP contribution in [-0.4, -0.2) is 53.7 Å². The lowest BCUT2D eigenvalue weighted by atomic mass is 10.1. The minimum absolute atomic E-state index is 0.643. The fourth-order valence-corrected chi connectivity index (χ4v) is 1.15. The van der Waals surface area contributed by atoms with Crippen LogP contribution in [0.25, 0.3) is 0 Å². The van der Waals surface area contributed by atoms with E-state index >= 15 is 0 Å². The van der Waals surface area contributed by atoms with Crippen LogP contribution in [0.15, 0.2) is 0 Å². The van der Waals surface area contributed by atoms with Gasteiger partial charge in [-0.05, 0) is 18.9 Å². The van der Waals surface area contributed by atoms with E-state index in [4.69, 9.17) is 14.2 Å². The molecule has 0 amide bonds. The number of hydrogen-bond donors (Lipinski definition) is 1. The van der Waals surface area contributed by atoms with Crippen LogP contribution in [0.4, 0.5) is 0 Å². The van der Waals surface area contributed by atoms with E-state index in [0.29, 0.717) is 19.1 Å². The highest BCUT2D eigenvalue weighted by Gasteiger charge is 2.00. The predicted octanol–water partition coefficient (Wildman–Crippen LogP) is 0.912. The molecular formula is C11H25NO3. The van der Waals surface area contributed by atoms with Crippen molar-refractivity contribution in [2.45, 2.75) is 13.3 Å². The Morgan fingerprint density at radius 2 is 1.73 bits per heavy atom. The van der Waals surface area contributed by atoms with Gasteiger partial charge in [-0.25, -0.2) is 0 Å². The molecule has 0 aliphatic carbocycles. The maximum Gasteiger partial charge on any atom is 0.0700 e. The van der Waals surface area contributed by atoms with Gasteiger partial charge in [-0.15, -0.1) is 0 Å². The Bertz CT molecular complexity index is 122. The minimum Gasteiger partial charge on any atom is -0.383 e. The summed E-state index contributed by atoms with van der Waals surface area (Å²) in [5, 5.41) is 3.33. The zero-order valence-corrected chi connectivity index (χ0v) is 10.3. The fourth-order valence-electron chi connectivity index (χ4n) is 1.15. The Balaban J connectivity index is 3.08. The number of methoxy groups -OCH3 is 2. The van der Waals surface area contributed by atoms with E-state index in [9.17, 15) is 0 Å². The summed E-state index contributed by atoms with van der Waals surface area (Å²) in [6, 6.07) is 0. The molecule has 0 fully saturated rings. The molecule has 0 bridgehead atoms. The van der Waals surface area contributed by atoms with E-state index in [1.165, 1.54) is 0 Å². The number of rotatable bonds is 11. The first kappa shape index (κ1) is 14.8. The summed E-state index contributed by atoms with van der Waals surface area (Å²) < 4.78 is 15.2. The Morgan fingerprint density at radius 1 is 1.00 bits per heavy atom. The van der Waals surface area contributed by atoms with Crippen LogP contribution in [0.3, 0.4) is 0 Å². The lowest BCUT2D eigenvalue weighted by Gasteiger charge is -2.12. The second-order valence-electron chi connectivity index (χ2n) is 3.70. The Kier molecular flexibility index (Phi) is 11.8. The first-order chi connectivity index (χ1) is 7.31. The van der Waals surface area contributed by atoms with E-state index < -0.39 is 0 Å². The summed E-state index contributed by atoms with van der Waals surface area (Å²) >= 11 is 0. The van der Waals surface area contributed by atoms with E-state index in [-0.39, 0.29) is 0 Å². The molecule has 0 heterocycles. The molecule has 0 saturated carbocycles. The van der Waals surface area contributed by atoms with E-state index in [0.717, 1.165) is 32.7 Å². The van der Waals surface area contributed by atoms with Crippen molar-refractivity contribution >= 4 is 0 Å². The molecule has 0 aliphatic heterocycles. The standard InChI is InChI=1S/C11H25NO3/c1-11(10-12-5-7-13-2)4-6-15-9-8-14-3/h11-12H,4-10H2,1-3H3. The molecule has 0 aromatic heterocycles. The van der Waals surface area contributed by atoms with Crippen molar-refractivity contribution in [1.82, 2.24) is 5.32 Å². The summed E-state index contributed by atoms with van der Waals surface area (Å²) in [6.07, 6.45) is 1.09. The average Bonchev–Trinajstić information content (AvgIpc) is 2.24. The van der Waals surface area contributed by atoms with E-state index in [1.807, 2.05) is 0 Å². The van der Waals surface area contributed by atoms with Crippen LogP contribution in [0.5, 0.6) is 0 Å². The van der Waals surface area contributed by atoms with Gasteiger partial charge >= 0.3 is 0 Å². The fraction of sp³-hybridized carbons (Fsp3) is 1.00. The van der Waals surface area contributed by atoms with Crippen LogP contribution in [0.1, 0.15) is 13.3 Å². The van der Waals surface area contributed by atoms with Crippen LogP contribution in [-0.2, 0) is 14.2 Å². The molecule has 0 aromatic rings. The number of nitrogens with one attached hydrogen (secondary N) is 1. The topological polar surface area (TPSA) is 39.7 Å². The van der Waals surface area contributed by atoms with Gasteiger partial charge in [0.2, 0.25) is 0 Å². The molecule has 4 nitrogen and oxygen atoms in total. The van der Waals surface area contributed by atoms with Gasteiger partial charge in [-0.3, -0.25) is 0 Å². The smallest absolute Gasteiger partial charge is 0.0700 e. The summed E-state index contributed by atoms with van der Waals surface area (Å²) in [7, 11) is 3.40. The van der Waals surface area contributed by atoms with Gasteiger partial charge in [0.1, 0.15) is 0 Å². The molecule has 0 aliphatic rings. The van der Waals surface area contributed by atoms with Gasteiger partial charge in [0.25, 0.3) is 0 Å². The summed E-state index contributed by atoms with van der Waals surface area (Å²) in [6.45, 7) is 7.14. The normalized spacial score (nSPS) is 13.0. The summed E-state index contributed by atoms with van der Waals surface area (Å²) in [4.78, 5) is 0. The Labute approximate surface area is 93.3 Å². The van der Waals surface area contributed by atoms with Crippen molar-refractivity contribution in [2.75, 3.05) is 53.7 Å². The van der Waals surface area contributed by atoms with Gasteiger partial charge in [0.15, 0.2) is 0 Å². The maximum atomic E-state index is 5.39. The highest BCUT2D eigenvalue weighted by atomic mass is 16.5. The van der Waals surface area contributed by atoms with Crippen LogP contribution >= 0.6 is 0 Å². The molecule has 0 radical (unpaired) electrons. The third kappa shape index (κ3) is 11.8. The molecule has 1 N–H and O–H groups in total. The monoisotopic (exact) mass is 219 g/mol. The van der Waals surface area contributed by atoms with Gasteiger partial charge in [-0.1, -0.05) is 6.92 Å². The second-order valence-corrected chi connectivity index (χ2v) is 3.70. The van der Waals surface area contributed by atoms with Crippen molar-refractivity contribution in [3.8, 4) is 0 Å². The molecule has 15 heavy (non-hydrogen) atoms. The maximum absolute atomic E-state index is 5.39. The minimum atomic E-state index is 0.643. The van der Waals surface area contributed by atoms with Gasteiger partial charge in [-0.2, -0.15) is 0 Å². The number of hydrogen-bond acceptors (Lipinski definition) is 4. The first-order valence-corrected chi connectivity index (χ1v) is 5.57. The van der Waals surface area contributed by atoms with Crippen LogP contribution < -0.4 is 5.32 Å². The summed E-state index contributed by atoms with van der Waals surface area (Å²) in [5.41, 5.74) is 0. The average molecular weight is 219 g/mol. The van der Waals surface area contributed by atoms with Crippen molar-refractivity contribution in [1.29, 1.82) is 0 Å². The molecular weight excluding hydrogens is 194 g/mol. The predicted molar refractivity (Wildman–Crippen MR) is 61.2 cm³/mol. The second kappa shape index (κ2) is 11.9. The van der Waals surface area contributed by atoms with Crippen molar-refractivity contribution in [3.63, 3.8) is 0 Å². The summed E-state index contributed by atoms with van der Waals surface area (Å²) in [5.74, 6) is 0.643. The molecule has 0 rings (SSSR count). The van der Waals surface area contributed by atoms with Crippen molar-refractivity contribution in [2.24, 2.45) is 5.92 Å². The molecule has 0 saturated heterocycles. The number of ether oxygens (including phenoxy) is 3. The molecule has 1 atom stereocenters. The first-order valence-electron chi connectivity index (χ1n) is 5.57.